The van der Waals surface area contributed by atoms with Crippen LogP contribution in [0.3, 0.4) is 0 Å². The first kappa shape index (κ1) is 9.97. The van der Waals surface area contributed by atoms with Gasteiger partial charge in [0.05, 0.1) is 6.10 Å². The molecular formula is C11H19NO2. The molecule has 0 bridgehead atoms. The van der Waals surface area contributed by atoms with E-state index in [9.17, 15) is 9.90 Å². The van der Waals surface area contributed by atoms with Crippen LogP contribution >= 0.6 is 0 Å². The first-order valence-electron chi connectivity index (χ1n) is 5.71. The van der Waals surface area contributed by atoms with Crippen molar-refractivity contribution in [3.05, 3.63) is 0 Å². The zero-order valence-electron chi connectivity index (χ0n) is 8.54. The maximum absolute atomic E-state index is 11.5. The smallest absolute Gasteiger partial charge is 0.223 e. The molecule has 2 rings (SSSR count). The van der Waals surface area contributed by atoms with Gasteiger partial charge in [0.2, 0.25) is 5.91 Å². The number of nitrogens with one attached hydrogen (secondary N) is 1. The third-order valence-electron chi connectivity index (χ3n) is 3.55. The van der Waals surface area contributed by atoms with Crippen molar-refractivity contribution in [2.24, 2.45) is 11.8 Å². The summed E-state index contributed by atoms with van der Waals surface area (Å²) in [4.78, 5) is 11.5. The largest absolute Gasteiger partial charge is 0.393 e. The van der Waals surface area contributed by atoms with Gasteiger partial charge in [-0.15, -0.1) is 0 Å². The minimum absolute atomic E-state index is 0.124. The van der Waals surface area contributed by atoms with E-state index < -0.39 is 0 Å². The maximum Gasteiger partial charge on any atom is 0.223 e. The van der Waals surface area contributed by atoms with E-state index in [1.807, 2.05) is 0 Å². The van der Waals surface area contributed by atoms with E-state index in [1.165, 1.54) is 6.42 Å². The number of hydrogen-bond acceptors (Lipinski definition) is 2. The summed E-state index contributed by atoms with van der Waals surface area (Å²) < 4.78 is 0. The van der Waals surface area contributed by atoms with Crippen LogP contribution in [0.2, 0.25) is 0 Å². The van der Waals surface area contributed by atoms with E-state index in [4.69, 9.17) is 0 Å². The fraction of sp³-hybridized carbons (Fsp3) is 0.909. The number of hydrogen-bond donors (Lipinski definition) is 2. The van der Waals surface area contributed by atoms with Crippen LogP contribution in [0.15, 0.2) is 0 Å². The molecule has 3 heteroatoms. The Morgan fingerprint density at radius 3 is 2.57 bits per heavy atom. The summed E-state index contributed by atoms with van der Waals surface area (Å²) in [5.74, 6) is 1.04. The van der Waals surface area contributed by atoms with E-state index in [-0.39, 0.29) is 12.0 Å². The molecule has 0 aliphatic heterocycles. The zero-order valence-corrected chi connectivity index (χ0v) is 8.54. The second-order valence-corrected chi connectivity index (χ2v) is 4.71. The van der Waals surface area contributed by atoms with E-state index in [0.717, 1.165) is 38.6 Å². The lowest BCUT2D eigenvalue weighted by Crippen LogP contribution is -2.36. The minimum atomic E-state index is -0.124. The molecule has 0 aromatic rings. The maximum atomic E-state index is 11.5. The highest BCUT2D eigenvalue weighted by Gasteiger charge is 2.27. The van der Waals surface area contributed by atoms with Crippen LogP contribution in [0, 0.1) is 11.8 Å². The Hall–Kier alpha value is -0.570. The number of aliphatic hydroxyl groups excluding tert-OH is 1. The van der Waals surface area contributed by atoms with E-state index in [1.54, 1.807) is 0 Å². The number of aliphatic hydroxyl groups is 1. The average Bonchev–Trinajstić information content (AvgIpc) is 2.45. The molecule has 3 nitrogen and oxygen atoms in total. The summed E-state index contributed by atoms with van der Waals surface area (Å²) in [5, 5.41) is 12.3. The quantitative estimate of drug-likeness (QED) is 0.711. The fourth-order valence-electron chi connectivity index (χ4n) is 2.29. The van der Waals surface area contributed by atoms with Gasteiger partial charge in [0.1, 0.15) is 0 Å². The Bertz CT molecular complexity index is 213. The van der Waals surface area contributed by atoms with Crippen molar-refractivity contribution >= 4 is 5.91 Å². The molecule has 0 aromatic heterocycles. The summed E-state index contributed by atoms with van der Waals surface area (Å²) in [6.45, 7) is 0.770. The molecule has 0 aromatic carbocycles. The molecule has 0 heterocycles. The van der Waals surface area contributed by atoms with Crippen molar-refractivity contribution in [2.45, 2.75) is 44.6 Å². The third-order valence-corrected chi connectivity index (χ3v) is 3.55. The second-order valence-electron chi connectivity index (χ2n) is 4.71. The third kappa shape index (κ3) is 2.27. The van der Waals surface area contributed by atoms with Gasteiger partial charge in [-0.25, -0.2) is 0 Å². The molecule has 0 radical (unpaired) electrons. The van der Waals surface area contributed by atoms with Crippen LogP contribution in [-0.4, -0.2) is 23.7 Å². The molecular weight excluding hydrogens is 178 g/mol. The van der Waals surface area contributed by atoms with Gasteiger partial charge in [0.25, 0.3) is 0 Å². The van der Waals surface area contributed by atoms with Gasteiger partial charge >= 0.3 is 0 Å². The molecule has 80 valence electrons. The predicted octanol–water partition coefficient (Wildman–Crippen LogP) is 1.06. The second kappa shape index (κ2) is 4.30. The Kier molecular flexibility index (Phi) is 3.06. The highest BCUT2D eigenvalue weighted by Crippen LogP contribution is 2.27. The normalized spacial score (nSPS) is 32.6. The predicted molar refractivity (Wildman–Crippen MR) is 53.7 cm³/mol. The standard InChI is InChI=1S/C11H19NO2/c13-10-5-4-8(6-10)7-12-11(14)9-2-1-3-9/h8-10,13H,1-7H2,(H,12,14). The van der Waals surface area contributed by atoms with Gasteiger partial charge in [-0.3, -0.25) is 4.79 Å². The monoisotopic (exact) mass is 197 g/mol. The molecule has 1 amide bonds. The van der Waals surface area contributed by atoms with E-state index >= 15 is 0 Å². The van der Waals surface area contributed by atoms with Crippen molar-refractivity contribution in [1.29, 1.82) is 0 Å². The fourth-order valence-corrected chi connectivity index (χ4v) is 2.29. The highest BCUT2D eigenvalue weighted by molar-refractivity contribution is 5.79. The molecule has 2 unspecified atom stereocenters. The average molecular weight is 197 g/mol. The van der Waals surface area contributed by atoms with Crippen molar-refractivity contribution in [2.75, 3.05) is 6.54 Å². The Morgan fingerprint density at radius 1 is 1.29 bits per heavy atom. The molecule has 2 atom stereocenters. The molecule has 2 saturated carbocycles. The molecule has 2 fully saturated rings. The van der Waals surface area contributed by atoms with Crippen LogP contribution in [0.1, 0.15) is 38.5 Å². The molecule has 2 N–H and O–H groups in total. The number of carbonyl (C=O) groups excluding carboxylic acids is 1. The summed E-state index contributed by atoms with van der Waals surface area (Å²) in [5.41, 5.74) is 0. The van der Waals surface area contributed by atoms with Crippen LogP contribution in [0.25, 0.3) is 0 Å². The van der Waals surface area contributed by atoms with Gasteiger partial charge in [0, 0.05) is 12.5 Å². The number of amides is 1. The van der Waals surface area contributed by atoms with Gasteiger partial charge in [-0.1, -0.05) is 6.42 Å². The van der Waals surface area contributed by atoms with Gasteiger partial charge < -0.3 is 10.4 Å². The molecule has 0 saturated heterocycles. The SMILES string of the molecule is O=C(NCC1CCC(O)C1)C1CCC1. The zero-order chi connectivity index (χ0) is 9.97. The summed E-state index contributed by atoms with van der Waals surface area (Å²) in [6, 6.07) is 0. The van der Waals surface area contributed by atoms with Gasteiger partial charge in [-0.05, 0) is 38.0 Å². The van der Waals surface area contributed by atoms with Gasteiger partial charge in [0.15, 0.2) is 0 Å². The highest BCUT2D eigenvalue weighted by atomic mass is 16.3. The molecule has 0 spiro atoms. The summed E-state index contributed by atoms with van der Waals surface area (Å²) >= 11 is 0. The minimum Gasteiger partial charge on any atom is -0.393 e. The first-order chi connectivity index (χ1) is 6.75. The van der Waals surface area contributed by atoms with Crippen LogP contribution in [-0.2, 0) is 4.79 Å². The Balaban J connectivity index is 1.64. The first-order valence-corrected chi connectivity index (χ1v) is 5.71. The number of carbonyl (C=O) groups is 1. The van der Waals surface area contributed by atoms with Crippen molar-refractivity contribution < 1.29 is 9.90 Å². The van der Waals surface area contributed by atoms with E-state index in [2.05, 4.69) is 5.32 Å². The van der Waals surface area contributed by atoms with Crippen LogP contribution in [0.4, 0.5) is 0 Å². The van der Waals surface area contributed by atoms with Crippen molar-refractivity contribution in [3.63, 3.8) is 0 Å². The van der Waals surface area contributed by atoms with Crippen molar-refractivity contribution in [3.8, 4) is 0 Å². The molecule has 14 heavy (non-hydrogen) atoms. The number of rotatable bonds is 3. The van der Waals surface area contributed by atoms with Crippen LogP contribution < -0.4 is 5.32 Å². The van der Waals surface area contributed by atoms with Gasteiger partial charge in [-0.2, -0.15) is 0 Å². The van der Waals surface area contributed by atoms with E-state index in [0.29, 0.717) is 11.8 Å². The summed E-state index contributed by atoms with van der Waals surface area (Å²) in [6.07, 6.45) is 6.06. The van der Waals surface area contributed by atoms with Crippen molar-refractivity contribution in [1.82, 2.24) is 5.32 Å². The Morgan fingerprint density at radius 2 is 2.07 bits per heavy atom. The van der Waals surface area contributed by atoms with Crippen LogP contribution in [0.5, 0.6) is 0 Å². The molecule has 2 aliphatic rings. The summed E-state index contributed by atoms with van der Waals surface area (Å²) in [7, 11) is 0. The lowest BCUT2D eigenvalue weighted by Gasteiger charge is -2.24. The Labute approximate surface area is 84.9 Å². The lowest BCUT2D eigenvalue weighted by molar-refractivity contribution is -0.127. The lowest BCUT2D eigenvalue weighted by atomic mass is 9.85. The topological polar surface area (TPSA) is 49.3 Å². The molecule has 2 aliphatic carbocycles.